The molecule has 5 heteroatoms. The predicted molar refractivity (Wildman–Crippen MR) is 70.2 cm³/mol. The van der Waals surface area contributed by atoms with Crippen LogP contribution in [0, 0.1) is 0 Å². The number of hydrogen-bond acceptors (Lipinski definition) is 4. The molecule has 0 aliphatic rings. The Balaban J connectivity index is 2.79. The fourth-order valence-electron chi connectivity index (χ4n) is 1.71. The summed E-state index contributed by atoms with van der Waals surface area (Å²) in [6.45, 7) is 0. The van der Waals surface area contributed by atoms with Crippen LogP contribution in [0.4, 0.5) is 0 Å². The maximum absolute atomic E-state index is 12.1. The topological polar surface area (TPSA) is 52.6 Å². The van der Waals surface area contributed by atoms with Crippen LogP contribution in [-0.4, -0.2) is 26.2 Å². The molecule has 0 aliphatic carbocycles. The summed E-state index contributed by atoms with van der Waals surface area (Å²) in [5.74, 6) is 1.05. The van der Waals surface area contributed by atoms with Gasteiger partial charge in [0.2, 0.25) is 0 Å². The highest BCUT2D eigenvalue weighted by Crippen LogP contribution is 2.29. The molecule has 18 heavy (non-hydrogen) atoms. The normalized spacial score (nSPS) is 10.3. The van der Waals surface area contributed by atoms with Gasteiger partial charge < -0.3 is 9.47 Å². The second-order valence-electron chi connectivity index (χ2n) is 3.77. The standard InChI is InChI=1S/C13H17O4P/c1-16-11-7-5-8-12(17-2)13(11)10(14)6-3-4-9-18-15/h5,7-8H,3-4,6,9H2,1-2H3. The first-order chi connectivity index (χ1) is 8.74. The van der Waals surface area contributed by atoms with Gasteiger partial charge >= 0.3 is 0 Å². The van der Waals surface area contributed by atoms with E-state index in [2.05, 4.69) is 0 Å². The molecule has 0 aromatic heterocycles. The van der Waals surface area contributed by atoms with Crippen LogP contribution < -0.4 is 9.47 Å². The lowest BCUT2D eigenvalue weighted by molar-refractivity contribution is 0.0973. The Bertz CT molecular complexity index is 395. The summed E-state index contributed by atoms with van der Waals surface area (Å²) in [6, 6.07) is 5.27. The molecule has 0 unspecified atom stereocenters. The molecule has 1 aromatic carbocycles. The molecule has 0 spiro atoms. The second-order valence-corrected chi connectivity index (χ2v) is 4.48. The number of Topliss-reactive ketones (excluding diaryl/α,β-unsaturated/α-hetero) is 1. The summed E-state index contributed by atoms with van der Waals surface area (Å²) in [5, 5.41) is 0. The van der Waals surface area contributed by atoms with Crippen molar-refractivity contribution in [3.8, 4) is 11.5 Å². The van der Waals surface area contributed by atoms with E-state index < -0.39 is 0 Å². The monoisotopic (exact) mass is 268 g/mol. The number of ketones is 1. The van der Waals surface area contributed by atoms with E-state index in [-0.39, 0.29) is 14.2 Å². The van der Waals surface area contributed by atoms with Crippen molar-refractivity contribution in [2.45, 2.75) is 19.3 Å². The average molecular weight is 268 g/mol. The van der Waals surface area contributed by atoms with E-state index in [9.17, 15) is 9.36 Å². The van der Waals surface area contributed by atoms with Crippen molar-refractivity contribution in [3.63, 3.8) is 0 Å². The van der Waals surface area contributed by atoms with E-state index in [0.717, 1.165) is 12.8 Å². The highest BCUT2D eigenvalue weighted by molar-refractivity contribution is 7.23. The molecule has 0 aliphatic heterocycles. The largest absolute Gasteiger partial charge is 0.496 e. The molecule has 0 amide bonds. The van der Waals surface area contributed by atoms with Crippen LogP contribution in [0.25, 0.3) is 0 Å². The summed E-state index contributed by atoms with van der Waals surface area (Å²) in [5.41, 5.74) is 0.488. The van der Waals surface area contributed by atoms with Gasteiger partial charge in [-0.25, -0.2) is 0 Å². The molecule has 4 nitrogen and oxygen atoms in total. The Labute approximate surface area is 108 Å². The third-order valence-corrected chi connectivity index (χ3v) is 3.11. The molecular weight excluding hydrogens is 251 g/mol. The van der Waals surface area contributed by atoms with Crippen LogP contribution in [0.15, 0.2) is 18.2 Å². The number of rotatable bonds is 8. The fourth-order valence-corrected chi connectivity index (χ4v) is 2.07. The maximum atomic E-state index is 12.1. The van der Waals surface area contributed by atoms with E-state index >= 15 is 0 Å². The Morgan fingerprint density at radius 3 is 2.28 bits per heavy atom. The zero-order valence-corrected chi connectivity index (χ0v) is 11.5. The first-order valence-electron chi connectivity index (χ1n) is 5.78. The summed E-state index contributed by atoms with van der Waals surface area (Å²) in [4.78, 5) is 12.1. The number of hydrogen-bond donors (Lipinski definition) is 0. The number of methoxy groups -OCH3 is 2. The van der Waals surface area contributed by atoms with E-state index in [1.807, 2.05) is 0 Å². The first kappa shape index (κ1) is 14.7. The number of carbonyl (C=O) groups excluding carboxylic acids is 1. The molecule has 0 bridgehead atoms. The lowest BCUT2D eigenvalue weighted by Crippen LogP contribution is -2.05. The maximum Gasteiger partial charge on any atom is 0.170 e. The molecule has 0 atom stereocenters. The third-order valence-electron chi connectivity index (χ3n) is 2.61. The van der Waals surface area contributed by atoms with Crippen molar-refractivity contribution in [1.29, 1.82) is 0 Å². The molecule has 0 N–H and O–H groups in total. The van der Waals surface area contributed by atoms with E-state index in [1.54, 1.807) is 18.2 Å². The Morgan fingerprint density at radius 1 is 1.17 bits per heavy atom. The lowest BCUT2D eigenvalue weighted by atomic mass is 10.0. The van der Waals surface area contributed by atoms with Gasteiger partial charge in [-0.05, 0) is 25.0 Å². The van der Waals surface area contributed by atoms with E-state index in [4.69, 9.17) is 9.47 Å². The molecule has 1 aromatic rings. The minimum absolute atomic E-state index is 0.00753. The zero-order chi connectivity index (χ0) is 13.4. The van der Waals surface area contributed by atoms with Crippen LogP contribution in [0.1, 0.15) is 29.6 Å². The van der Waals surface area contributed by atoms with Crippen LogP contribution in [0.3, 0.4) is 0 Å². The van der Waals surface area contributed by atoms with Gasteiger partial charge in [0.1, 0.15) is 17.1 Å². The predicted octanol–water partition coefficient (Wildman–Crippen LogP) is 3.35. The lowest BCUT2D eigenvalue weighted by Gasteiger charge is -2.11. The number of benzene rings is 1. The summed E-state index contributed by atoms with van der Waals surface area (Å²) < 4.78 is 20.7. The van der Waals surface area contributed by atoms with Gasteiger partial charge in [0.05, 0.1) is 14.2 Å². The van der Waals surface area contributed by atoms with Gasteiger partial charge in [-0.2, -0.15) is 0 Å². The fraction of sp³-hybridized carbons (Fsp3) is 0.462. The van der Waals surface area contributed by atoms with E-state index in [1.165, 1.54) is 14.2 Å². The van der Waals surface area contributed by atoms with Crippen LogP contribution in [0.2, 0.25) is 0 Å². The minimum atomic E-state index is -0.00753. The number of ether oxygens (including phenoxy) is 2. The average Bonchev–Trinajstić information content (AvgIpc) is 2.42. The molecule has 0 fully saturated rings. The van der Waals surface area contributed by atoms with Gasteiger partial charge in [-0.15, -0.1) is 0 Å². The van der Waals surface area contributed by atoms with Crippen molar-refractivity contribution in [1.82, 2.24) is 0 Å². The van der Waals surface area contributed by atoms with Gasteiger partial charge in [0.25, 0.3) is 0 Å². The van der Waals surface area contributed by atoms with Crippen molar-refractivity contribution in [2.24, 2.45) is 0 Å². The summed E-state index contributed by atoms with van der Waals surface area (Å²) in [6.07, 6.45) is 2.49. The molecule has 0 saturated heterocycles. The molecule has 0 heterocycles. The Kier molecular flexibility index (Phi) is 6.37. The van der Waals surface area contributed by atoms with Crippen molar-refractivity contribution >= 4 is 14.2 Å². The molecule has 0 radical (unpaired) electrons. The van der Waals surface area contributed by atoms with Crippen LogP contribution in [0.5, 0.6) is 11.5 Å². The van der Waals surface area contributed by atoms with Crippen molar-refractivity contribution in [2.75, 3.05) is 20.4 Å². The first-order valence-corrected chi connectivity index (χ1v) is 6.77. The quantitative estimate of drug-likeness (QED) is 0.412. The van der Waals surface area contributed by atoms with Gasteiger partial charge in [-0.1, -0.05) is 6.07 Å². The summed E-state index contributed by atoms with van der Waals surface area (Å²) in [7, 11) is 3.19. The van der Waals surface area contributed by atoms with Crippen molar-refractivity contribution in [3.05, 3.63) is 23.8 Å². The minimum Gasteiger partial charge on any atom is -0.496 e. The molecule has 0 saturated carbocycles. The summed E-state index contributed by atoms with van der Waals surface area (Å²) >= 11 is 0. The van der Waals surface area contributed by atoms with Crippen LogP contribution in [-0.2, 0) is 4.57 Å². The smallest absolute Gasteiger partial charge is 0.170 e. The highest BCUT2D eigenvalue weighted by Gasteiger charge is 2.17. The molecule has 98 valence electrons. The second kappa shape index (κ2) is 7.83. The molecule has 1 rings (SSSR count). The van der Waals surface area contributed by atoms with Crippen molar-refractivity contribution < 1.29 is 18.8 Å². The third kappa shape index (κ3) is 3.81. The van der Waals surface area contributed by atoms with Crippen LogP contribution >= 0.6 is 8.46 Å². The zero-order valence-electron chi connectivity index (χ0n) is 10.6. The highest BCUT2D eigenvalue weighted by atomic mass is 31.1. The Hall–Kier alpha value is -1.41. The van der Waals surface area contributed by atoms with Gasteiger partial charge in [-0.3, -0.25) is 9.36 Å². The SMILES string of the molecule is COc1cccc(OC)c1C(=O)CCCCP=O. The molecular formula is C13H17O4P. The Morgan fingerprint density at radius 2 is 1.78 bits per heavy atom. The van der Waals surface area contributed by atoms with Gasteiger partial charge in [0, 0.05) is 12.6 Å². The van der Waals surface area contributed by atoms with E-state index in [0.29, 0.717) is 29.6 Å². The number of unbranched alkanes of at least 4 members (excludes halogenated alkanes) is 1. The number of carbonyl (C=O) groups is 1. The van der Waals surface area contributed by atoms with Gasteiger partial charge in [0.15, 0.2) is 14.2 Å².